The third-order valence-corrected chi connectivity index (χ3v) is 12.5. The van der Waals surface area contributed by atoms with Crippen LogP contribution in [-0.4, -0.2) is 54.8 Å². The molecule has 0 atom stereocenters. The maximum Gasteiger partial charge on any atom is 0.347 e. The highest BCUT2D eigenvalue weighted by atomic mass is 35.5. The first-order chi connectivity index (χ1) is 27.6. The summed E-state index contributed by atoms with van der Waals surface area (Å²) in [5, 5.41) is 26.4. The van der Waals surface area contributed by atoms with Gasteiger partial charge in [0.1, 0.15) is 10.6 Å². The lowest BCUT2D eigenvalue weighted by atomic mass is 10.2. The number of carboxylic acids is 1. The van der Waals surface area contributed by atoms with Gasteiger partial charge in [0.2, 0.25) is 11.8 Å². The fraction of sp³-hybridized carbons (Fsp3) is 0.0263. The topological polar surface area (TPSA) is 234 Å². The Labute approximate surface area is 345 Å². The first-order valence-electron chi connectivity index (χ1n) is 16.5. The van der Waals surface area contributed by atoms with E-state index in [-0.39, 0.29) is 36.4 Å². The molecule has 0 saturated heterocycles. The van der Waals surface area contributed by atoms with Crippen molar-refractivity contribution < 1.29 is 41.4 Å². The molecule has 0 aliphatic carbocycles. The minimum absolute atomic E-state index is 0.0411. The SMILES string of the molecule is Cc1nc(NS(=O)(=O)c2ccc(NC(=O)/C=C/c3ccccc3Cl)cc2)sc1C(=O)O.O=C(/C=C/c1ccccc1O)Nc1ccc(S(=O)(=O)Nc2nccs2)cc1. The van der Waals surface area contributed by atoms with Gasteiger partial charge in [0.25, 0.3) is 20.0 Å². The van der Waals surface area contributed by atoms with Crippen molar-refractivity contribution in [2.45, 2.75) is 16.7 Å². The maximum absolute atomic E-state index is 12.5. The molecule has 4 aromatic carbocycles. The van der Waals surface area contributed by atoms with E-state index in [4.69, 9.17) is 16.7 Å². The highest BCUT2D eigenvalue weighted by molar-refractivity contribution is 7.93. The van der Waals surface area contributed by atoms with Crippen molar-refractivity contribution in [2.75, 3.05) is 20.1 Å². The van der Waals surface area contributed by atoms with Gasteiger partial charge >= 0.3 is 5.97 Å². The Morgan fingerprint density at radius 2 is 1.21 bits per heavy atom. The number of sulfonamides is 2. The number of hydrogen-bond acceptors (Lipinski definition) is 12. The third kappa shape index (κ3) is 12.1. The van der Waals surface area contributed by atoms with Crippen LogP contribution in [0.25, 0.3) is 12.2 Å². The zero-order valence-electron chi connectivity index (χ0n) is 29.9. The van der Waals surface area contributed by atoms with Gasteiger partial charge in [-0.05, 0) is 85.3 Å². The molecule has 2 aromatic heterocycles. The third-order valence-electron chi connectivity index (χ3n) is 7.40. The minimum atomic E-state index is -3.98. The zero-order valence-corrected chi connectivity index (χ0v) is 33.9. The number of amides is 2. The average Bonchev–Trinajstić information content (AvgIpc) is 3.83. The van der Waals surface area contributed by atoms with Gasteiger partial charge in [-0.1, -0.05) is 59.3 Å². The van der Waals surface area contributed by atoms with Gasteiger partial charge < -0.3 is 20.8 Å². The summed E-state index contributed by atoms with van der Waals surface area (Å²) in [4.78, 5) is 42.9. The predicted molar refractivity (Wildman–Crippen MR) is 225 cm³/mol. The summed E-state index contributed by atoms with van der Waals surface area (Å²) in [5.74, 6) is -1.92. The van der Waals surface area contributed by atoms with E-state index in [0.29, 0.717) is 27.5 Å². The Bertz CT molecular complexity index is 2700. The van der Waals surface area contributed by atoms with Crippen LogP contribution in [0.15, 0.2) is 131 Å². The van der Waals surface area contributed by atoms with Crippen LogP contribution in [0, 0.1) is 6.92 Å². The van der Waals surface area contributed by atoms with Crippen molar-refractivity contribution in [1.29, 1.82) is 0 Å². The number of nitrogens with zero attached hydrogens (tertiary/aromatic N) is 2. The number of para-hydroxylation sites is 1. The number of rotatable bonds is 13. The number of phenolic OH excluding ortho intramolecular Hbond substituents is 1. The molecule has 0 spiro atoms. The summed E-state index contributed by atoms with van der Waals surface area (Å²) >= 11 is 7.94. The quantitative estimate of drug-likeness (QED) is 0.0620. The Hall–Kier alpha value is -6.38. The predicted octanol–water partition coefficient (Wildman–Crippen LogP) is 7.56. The van der Waals surface area contributed by atoms with Gasteiger partial charge in [-0.15, -0.1) is 11.3 Å². The molecule has 0 bridgehead atoms. The standard InChI is InChI=1S/C20H16ClN3O5S2.C18H15N3O4S2/c1-12-18(19(26)27)30-20(22-12)24-31(28,29)15-9-7-14(8-10-15)23-17(25)11-6-13-4-2-3-5-16(13)21;22-16-4-2-1-3-13(16)5-10-17(23)20-14-6-8-15(9-7-14)27(24,25)21-18-19-11-12-26-18/h2-11H,1H3,(H,22,24)(H,23,25)(H,26,27);1-12,22H,(H,19,21)(H,20,23)/b11-6+;10-5+. The van der Waals surface area contributed by atoms with E-state index >= 15 is 0 Å². The number of thiazole rings is 2. The van der Waals surface area contributed by atoms with Crippen molar-refractivity contribution in [3.63, 3.8) is 0 Å². The molecular weight excluding hydrogens is 848 g/mol. The largest absolute Gasteiger partial charge is 0.507 e. The zero-order chi connectivity index (χ0) is 41.9. The number of carbonyl (C=O) groups is 3. The fourth-order valence-electron chi connectivity index (χ4n) is 4.63. The van der Waals surface area contributed by atoms with Gasteiger partial charge in [0.05, 0.1) is 15.5 Å². The molecule has 2 heterocycles. The Balaban J connectivity index is 0.000000223. The van der Waals surface area contributed by atoms with Crippen LogP contribution in [0.4, 0.5) is 21.6 Å². The number of aryl methyl sites for hydroxylation is 1. The number of nitrogens with one attached hydrogen (secondary N) is 4. The minimum Gasteiger partial charge on any atom is -0.507 e. The van der Waals surface area contributed by atoms with E-state index in [9.17, 15) is 36.3 Å². The molecule has 20 heteroatoms. The summed E-state index contributed by atoms with van der Waals surface area (Å²) in [6.07, 6.45) is 7.16. The highest BCUT2D eigenvalue weighted by Crippen LogP contribution is 2.26. The van der Waals surface area contributed by atoms with E-state index in [1.165, 1.54) is 97.3 Å². The lowest BCUT2D eigenvalue weighted by molar-refractivity contribution is -0.112. The van der Waals surface area contributed by atoms with Crippen LogP contribution in [0.5, 0.6) is 5.75 Å². The second kappa shape index (κ2) is 19.2. The van der Waals surface area contributed by atoms with E-state index in [1.54, 1.807) is 53.9 Å². The lowest BCUT2D eigenvalue weighted by Gasteiger charge is -2.07. The molecular formula is C38H31ClN6O9S4. The molecule has 298 valence electrons. The molecule has 0 radical (unpaired) electrons. The van der Waals surface area contributed by atoms with Gasteiger partial charge in [0.15, 0.2) is 10.3 Å². The summed E-state index contributed by atoms with van der Waals surface area (Å²) in [5.41, 5.74) is 2.26. The number of phenols is 1. The van der Waals surface area contributed by atoms with Crippen molar-refractivity contribution in [1.82, 2.24) is 9.97 Å². The molecule has 0 aliphatic heterocycles. The Morgan fingerprint density at radius 1 is 0.707 bits per heavy atom. The smallest absolute Gasteiger partial charge is 0.347 e. The molecule has 0 unspecified atom stereocenters. The number of aromatic nitrogens is 2. The molecule has 0 fully saturated rings. The van der Waals surface area contributed by atoms with E-state index in [2.05, 4.69) is 30.0 Å². The van der Waals surface area contributed by atoms with Crippen molar-refractivity contribution in [3.8, 4) is 5.75 Å². The number of carboxylic acid groups (broad SMARTS) is 1. The Morgan fingerprint density at radius 3 is 1.69 bits per heavy atom. The van der Waals surface area contributed by atoms with Crippen LogP contribution >= 0.6 is 34.3 Å². The fourth-order valence-corrected chi connectivity index (χ4v) is 8.66. The highest BCUT2D eigenvalue weighted by Gasteiger charge is 2.20. The van der Waals surface area contributed by atoms with Crippen LogP contribution in [-0.2, 0) is 29.6 Å². The number of aromatic carboxylic acids is 1. The maximum atomic E-state index is 12.5. The number of benzene rings is 4. The van der Waals surface area contributed by atoms with E-state index in [0.717, 1.165) is 11.3 Å². The number of hydrogen-bond donors (Lipinski definition) is 6. The summed E-state index contributed by atoms with van der Waals surface area (Å²) in [6, 6.07) is 24.9. The monoisotopic (exact) mass is 878 g/mol. The molecule has 15 nitrogen and oxygen atoms in total. The molecule has 2 amide bonds. The van der Waals surface area contributed by atoms with Crippen molar-refractivity contribution in [3.05, 3.63) is 148 Å². The first kappa shape index (κ1) is 42.8. The van der Waals surface area contributed by atoms with Gasteiger partial charge in [0, 0.05) is 45.7 Å². The Kier molecular flexibility index (Phi) is 14.1. The number of carbonyl (C=O) groups excluding carboxylic acids is 2. The van der Waals surface area contributed by atoms with Crippen LogP contribution in [0.1, 0.15) is 26.5 Å². The molecule has 6 aromatic rings. The number of anilines is 4. The van der Waals surface area contributed by atoms with Crippen LogP contribution < -0.4 is 20.1 Å². The molecule has 58 heavy (non-hydrogen) atoms. The number of aromatic hydroxyl groups is 1. The van der Waals surface area contributed by atoms with Crippen molar-refractivity contribution >= 4 is 106 Å². The van der Waals surface area contributed by atoms with E-state index in [1.807, 2.05) is 0 Å². The number of halogens is 1. The van der Waals surface area contributed by atoms with Crippen molar-refractivity contribution in [2.24, 2.45) is 0 Å². The molecule has 0 aliphatic rings. The first-order valence-corrected chi connectivity index (χ1v) is 21.5. The van der Waals surface area contributed by atoms with Gasteiger partial charge in [-0.3, -0.25) is 19.0 Å². The summed E-state index contributed by atoms with van der Waals surface area (Å²) < 4.78 is 54.2. The molecule has 0 saturated carbocycles. The van der Waals surface area contributed by atoms with E-state index < -0.39 is 37.8 Å². The molecule has 6 rings (SSSR count). The summed E-state index contributed by atoms with van der Waals surface area (Å²) in [7, 11) is -7.71. The van der Waals surface area contributed by atoms with Gasteiger partial charge in [-0.25, -0.2) is 31.6 Å². The van der Waals surface area contributed by atoms with Crippen LogP contribution in [0.3, 0.4) is 0 Å². The second-order valence-electron chi connectivity index (χ2n) is 11.6. The lowest BCUT2D eigenvalue weighted by Crippen LogP contribution is -2.13. The summed E-state index contributed by atoms with van der Waals surface area (Å²) in [6.45, 7) is 1.48. The second-order valence-corrected chi connectivity index (χ2v) is 17.2. The van der Waals surface area contributed by atoms with Gasteiger partial charge in [-0.2, -0.15) is 0 Å². The normalized spacial score (nSPS) is 11.4. The average molecular weight is 879 g/mol. The van der Waals surface area contributed by atoms with Crippen LogP contribution in [0.2, 0.25) is 5.02 Å². The molecule has 6 N–H and O–H groups in total.